The molecule has 0 saturated heterocycles. The predicted molar refractivity (Wildman–Crippen MR) is 85.0 cm³/mol. The Kier molecular flexibility index (Phi) is 3.72. The molecule has 0 atom stereocenters. The van der Waals surface area contributed by atoms with E-state index in [0.717, 1.165) is 5.56 Å². The molecule has 2 aromatic carbocycles. The van der Waals surface area contributed by atoms with E-state index in [2.05, 4.69) is 4.98 Å². The molecule has 0 fully saturated rings. The molecule has 0 aliphatic heterocycles. The molecule has 3 rings (SSSR count). The van der Waals surface area contributed by atoms with Gasteiger partial charge in [0.2, 0.25) is 5.89 Å². The first-order valence-electron chi connectivity index (χ1n) is 6.87. The molecule has 0 radical (unpaired) electrons. The van der Waals surface area contributed by atoms with Crippen molar-refractivity contribution in [2.45, 2.75) is 6.92 Å². The predicted octanol–water partition coefficient (Wildman–Crippen LogP) is 3.59. The quantitative estimate of drug-likeness (QED) is 0.545. The summed E-state index contributed by atoms with van der Waals surface area (Å²) in [6.07, 6.45) is 0. The molecule has 3 aromatic rings. The number of nitrogens with zero attached hydrogens (tertiary/aromatic N) is 2. The van der Waals surface area contributed by atoms with Crippen molar-refractivity contribution in [3.05, 3.63) is 80.7 Å². The lowest BCUT2D eigenvalue weighted by molar-refractivity contribution is -0.384. The van der Waals surface area contributed by atoms with Crippen LogP contribution in [0.5, 0.6) is 0 Å². The molecule has 1 aromatic heterocycles. The van der Waals surface area contributed by atoms with Crippen LogP contribution in [0, 0.1) is 17.0 Å². The van der Waals surface area contributed by atoms with Gasteiger partial charge in [0.15, 0.2) is 0 Å². The Morgan fingerprint density at radius 1 is 1.09 bits per heavy atom. The number of hydrogen-bond acceptors (Lipinski definition) is 5. The second-order valence-corrected chi connectivity index (χ2v) is 4.99. The summed E-state index contributed by atoms with van der Waals surface area (Å²) in [6, 6.07) is 14.6. The Bertz CT molecular complexity index is 947. The van der Waals surface area contributed by atoms with Gasteiger partial charge >= 0.3 is 5.63 Å². The molecular weight excluding hydrogens is 296 g/mol. The van der Waals surface area contributed by atoms with Gasteiger partial charge < -0.3 is 4.42 Å². The van der Waals surface area contributed by atoms with E-state index in [1.165, 1.54) is 18.2 Å². The van der Waals surface area contributed by atoms with Gasteiger partial charge in [0.05, 0.1) is 16.7 Å². The zero-order chi connectivity index (χ0) is 16.4. The summed E-state index contributed by atoms with van der Waals surface area (Å²) >= 11 is 0. The molecule has 0 aliphatic rings. The average molecular weight is 308 g/mol. The number of nitro benzene ring substituents is 1. The zero-order valence-electron chi connectivity index (χ0n) is 12.2. The lowest BCUT2D eigenvalue weighted by Gasteiger charge is -2.05. The molecule has 0 spiro atoms. The van der Waals surface area contributed by atoms with Gasteiger partial charge in [0.1, 0.15) is 0 Å². The highest BCUT2D eigenvalue weighted by atomic mass is 16.6. The topological polar surface area (TPSA) is 86.2 Å². The van der Waals surface area contributed by atoms with Crippen LogP contribution in [0.25, 0.3) is 22.7 Å². The Balaban J connectivity index is 2.15. The fourth-order valence-electron chi connectivity index (χ4n) is 2.26. The molecule has 6 nitrogen and oxygen atoms in total. The third kappa shape index (κ3) is 3.01. The van der Waals surface area contributed by atoms with E-state index in [-0.39, 0.29) is 11.6 Å². The van der Waals surface area contributed by atoms with Gasteiger partial charge in [0.25, 0.3) is 5.69 Å². The summed E-state index contributed by atoms with van der Waals surface area (Å²) in [5, 5.41) is 10.9. The van der Waals surface area contributed by atoms with Crippen molar-refractivity contribution in [2.24, 2.45) is 0 Å². The Hall–Kier alpha value is -3.28. The molecule has 1 heterocycles. The normalized spacial score (nSPS) is 10.5. The first-order chi connectivity index (χ1) is 11.0. The van der Waals surface area contributed by atoms with Crippen molar-refractivity contribution >= 4 is 5.69 Å². The van der Waals surface area contributed by atoms with Gasteiger partial charge in [-0.15, -0.1) is 0 Å². The number of rotatable bonds is 3. The van der Waals surface area contributed by atoms with Crippen molar-refractivity contribution in [3.63, 3.8) is 0 Å². The average Bonchev–Trinajstić information content (AvgIpc) is 2.55. The van der Waals surface area contributed by atoms with Gasteiger partial charge in [-0.05, 0) is 18.6 Å². The molecule has 0 bridgehead atoms. The summed E-state index contributed by atoms with van der Waals surface area (Å²) in [7, 11) is 0. The summed E-state index contributed by atoms with van der Waals surface area (Å²) in [4.78, 5) is 26.6. The van der Waals surface area contributed by atoms with E-state index in [1.54, 1.807) is 18.2 Å². The number of hydrogen-bond donors (Lipinski definition) is 0. The lowest BCUT2D eigenvalue weighted by Crippen LogP contribution is -2.02. The highest BCUT2D eigenvalue weighted by Gasteiger charge is 2.12. The van der Waals surface area contributed by atoms with Crippen molar-refractivity contribution in [1.82, 2.24) is 4.98 Å². The SMILES string of the molecule is Cc1ccccc1-c1nc(-c2cccc([N+](=O)[O-])c2)cc(=O)o1. The minimum Gasteiger partial charge on any atom is -0.404 e. The Labute approximate surface area is 131 Å². The number of nitro groups is 1. The van der Waals surface area contributed by atoms with Gasteiger partial charge in [-0.25, -0.2) is 9.78 Å². The van der Waals surface area contributed by atoms with Crippen LogP contribution in [0.1, 0.15) is 5.56 Å². The van der Waals surface area contributed by atoms with Crippen LogP contribution in [-0.2, 0) is 0 Å². The third-order valence-electron chi connectivity index (χ3n) is 3.40. The summed E-state index contributed by atoms with van der Waals surface area (Å²) in [6.45, 7) is 1.89. The molecule has 0 amide bonds. The van der Waals surface area contributed by atoms with E-state index < -0.39 is 10.5 Å². The standard InChI is InChI=1S/C17H12N2O4/c1-11-5-2-3-8-14(11)17-18-15(10-16(20)23-17)12-6-4-7-13(9-12)19(21)22/h2-10H,1H3. The Morgan fingerprint density at radius 3 is 2.61 bits per heavy atom. The van der Waals surface area contributed by atoms with E-state index in [0.29, 0.717) is 16.8 Å². The van der Waals surface area contributed by atoms with Crippen LogP contribution in [-0.4, -0.2) is 9.91 Å². The smallest absolute Gasteiger partial charge is 0.339 e. The summed E-state index contributed by atoms with van der Waals surface area (Å²) < 4.78 is 5.18. The van der Waals surface area contributed by atoms with Crippen LogP contribution in [0.15, 0.2) is 63.8 Å². The molecule has 0 aliphatic carbocycles. The Morgan fingerprint density at radius 2 is 1.87 bits per heavy atom. The first-order valence-corrected chi connectivity index (χ1v) is 6.87. The summed E-state index contributed by atoms with van der Waals surface area (Å²) in [5.41, 5.74) is 1.83. The fraction of sp³-hybridized carbons (Fsp3) is 0.0588. The number of aromatic nitrogens is 1. The van der Waals surface area contributed by atoms with Gasteiger partial charge in [-0.3, -0.25) is 10.1 Å². The van der Waals surface area contributed by atoms with E-state index in [4.69, 9.17) is 4.42 Å². The molecule has 23 heavy (non-hydrogen) atoms. The summed E-state index contributed by atoms with van der Waals surface area (Å²) in [5.74, 6) is 0.192. The maximum Gasteiger partial charge on any atom is 0.339 e. The molecule has 6 heteroatoms. The number of benzene rings is 2. The second kappa shape index (κ2) is 5.84. The highest BCUT2D eigenvalue weighted by molar-refractivity contribution is 5.65. The van der Waals surface area contributed by atoms with Crippen LogP contribution in [0.3, 0.4) is 0 Å². The van der Waals surface area contributed by atoms with Crippen LogP contribution in [0.4, 0.5) is 5.69 Å². The molecule has 0 N–H and O–H groups in total. The van der Waals surface area contributed by atoms with Crippen LogP contribution < -0.4 is 5.63 Å². The minimum absolute atomic E-state index is 0.0602. The maximum absolute atomic E-state index is 11.8. The maximum atomic E-state index is 11.8. The van der Waals surface area contributed by atoms with Crippen LogP contribution >= 0.6 is 0 Å². The van der Waals surface area contributed by atoms with Crippen molar-refractivity contribution in [1.29, 1.82) is 0 Å². The largest absolute Gasteiger partial charge is 0.404 e. The first kappa shape index (κ1) is 14.6. The van der Waals surface area contributed by atoms with E-state index >= 15 is 0 Å². The van der Waals surface area contributed by atoms with Crippen molar-refractivity contribution < 1.29 is 9.34 Å². The monoisotopic (exact) mass is 308 g/mol. The van der Waals surface area contributed by atoms with Gasteiger partial charge in [0, 0.05) is 23.3 Å². The lowest BCUT2D eigenvalue weighted by atomic mass is 10.1. The highest BCUT2D eigenvalue weighted by Crippen LogP contribution is 2.25. The number of non-ortho nitro benzene ring substituents is 1. The molecule has 0 saturated carbocycles. The zero-order valence-corrected chi connectivity index (χ0v) is 12.2. The fourth-order valence-corrected chi connectivity index (χ4v) is 2.26. The minimum atomic E-state index is -0.556. The van der Waals surface area contributed by atoms with Crippen molar-refractivity contribution in [2.75, 3.05) is 0 Å². The van der Waals surface area contributed by atoms with Gasteiger partial charge in [-0.1, -0.05) is 30.3 Å². The van der Waals surface area contributed by atoms with E-state index in [9.17, 15) is 14.9 Å². The number of aryl methyl sites for hydroxylation is 1. The second-order valence-electron chi connectivity index (χ2n) is 4.99. The van der Waals surface area contributed by atoms with Crippen LogP contribution in [0.2, 0.25) is 0 Å². The molecule has 0 unspecified atom stereocenters. The van der Waals surface area contributed by atoms with Crippen molar-refractivity contribution in [3.8, 4) is 22.7 Å². The van der Waals surface area contributed by atoms with Gasteiger partial charge in [-0.2, -0.15) is 0 Å². The molecular formula is C17H12N2O4. The van der Waals surface area contributed by atoms with E-state index in [1.807, 2.05) is 25.1 Å². The molecule has 114 valence electrons. The third-order valence-corrected chi connectivity index (χ3v) is 3.40.